The summed E-state index contributed by atoms with van der Waals surface area (Å²) in [7, 11) is 0. The first-order chi connectivity index (χ1) is 10.1. The lowest BCUT2D eigenvalue weighted by Crippen LogP contribution is -2.35. The predicted octanol–water partition coefficient (Wildman–Crippen LogP) is 3.97. The molecule has 21 heavy (non-hydrogen) atoms. The van der Waals surface area contributed by atoms with Gasteiger partial charge in [0.1, 0.15) is 0 Å². The van der Waals surface area contributed by atoms with Crippen molar-refractivity contribution in [3.05, 3.63) is 69.2 Å². The molecule has 0 aliphatic carbocycles. The zero-order valence-corrected chi connectivity index (χ0v) is 13.7. The fraction of sp³-hybridized carbons (Fsp3) is 0.188. The molecule has 5 heteroatoms. The summed E-state index contributed by atoms with van der Waals surface area (Å²) in [6.45, 7) is 1.37. The van der Waals surface area contributed by atoms with Crippen LogP contribution in [-0.2, 0) is 6.54 Å². The minimum absolute atomic E-state index is 0.0887. The Labute approximate surface area is 137 Å². The molecule has 0 bridgehead atoms. The van der Waals surface area contributed by atoms with Crippen LogP contribution in [0, 0.1) is 0 Å². The molecule has 0 saturated heterocycles. The summed E-state index contributed by atoms with van der Waals surface area (Å²) in [5.41, 5.74) is 8.32. The second-order valence-corrected chi connectivity index (χ2v) is 6.32. The van der Waals surface area contributed by atoms with E-state index in [4.69, 9.17) is 17.3 Å². The van der Waals surface area contributed by atoms with E-state index in [0.717, 1.165) is 21.6 Å². The number of nitrogens with two attached hydrogens (primary N) is 1. The number of hydrogen-bond donors (Lipinski definition) is 1. The smallest absolute Gasteiger partial charge is 0.192 e. The predicted molar refractivity (Wildman–Crippen MR) is 90.4 cm³/mol. The highest BCUT2D eigenvalue weighted by atomic mass is 79.9. The first kappa shape index (κ1) is 14.4. The summed E-state index contributed by atoms with van der Waals surface area (Å²) in [6, 6.07) is 16.3. The quantitative estimate of drug-likeness (QED) is 0.895. The Balaban J connectivity index is 1.88. The third-order valence-corrected chi connectivity index (χ3v) is 4.43. The molecule has 2 N–H and O–H groups in total. The Hall–Kier alpha value is -1.52. The van der Waals surface area contributed by atoms with Gasteiger partial charge in [0.15, 0.2) is 5.96 Å². The second-order valence-electron chi connectivity index (χ2n) is 4.99. The molecular weight excluding hydrogens is 350 g/mol. The molecule has 0 spiro atoms. The molecule has 1 atom stereocenters. The molecule has 1 aliphatic rings. The second kappa shape index (κ2) is 6.08. The monoisotopic (exact) mass is 363 g/mol. The SMILES string of the molecule is NC1=NCC(c2ccc(Br)cc2Cl)N1Cc1ccccc1. The van der Waals surface area contributed by atoms with Crippen LogP contribution in [-0.4, -0.2) is 17.4 Å². The van der Waals surface area contributed by atoms with E-state index in [1.807, 2.05) is 36.4 Å². The van der Waals surface area contributed by atoms with Crippen molar-refractivity contribution < 1.29 is 0 Å². The number of rotatable bonds is 3. The Morgan fingerprint density at radius 3 is 2.71 bits per heavy atom. The van der Waals surface area contributed by atoms with Crippen LogP contribution in [0.4, 0.5) is 0 Å². The minimum Gasteiger partial charge on any atom is -0.370 e. The van der Waals surface area contributed by atoms with E-state index in [1.165, 1.54) is 5.56 Å². The maximum atomic E-state index is 6.38. The summed E-state index contributed by atoms with van der Waals surface area (Å²) in [6.07, 6.45) is 0. The molecule has 0 radical (unpaired) electrons. The Bertz CT molecular complexity index is 672. The molecule has 3 rings (SSSR count). The standard InChI is InChI=1S/C16H15BrClN3/c17-12-6-7-13(14(18)8-12)15-9-20-16(19)21(15)10-11-4-2-1-3-5-11/h1-8,15H,9-10H2,(H2,19,20). The fourth-order valence-electron chi connectivity index (χ4n) is 2.54. The van der Waals surface area contributed by atoms with Gasteiger partial charge in [-0.3, -0.25) is 4.99 Å². The van der Waals surface area contributed by atoms with Crippen LogP contribution in [0.5, 0.6) is 0 Å². The highest BCUT2D eigenvalue weighted by molar-refractivity contribution is 9.10. The molecule has 1 unspecified atom stereocenters. The van der Waals surface area contributed by atoms with Crippen molar-refractivity contribution in [3.63, 3.8) is 0 Å². The van der Waals surface area contributed by atoms with E-state index in [9.17, 15) is 0 Å². The molecule has 2 aromatic carbocycles. The molecule has 0 amide bonds. The largest absolute Gasteiger partial charge is 0.370 e. The van der Waals surface area contributed by atoms with Crippen LogP contribution >= 0.6 is 27.5 Å². The van der Waals surface area contributed by atoms with E-state index in [1.54, 1.807) is 0 Å². The average molecular weight is 365 g/mol. The maximum absolute atomic E-state index is 6.38. The zero-order valence-electron chi connectivity index (χ0n) is 11.3. The number of nitrogens with zero attached hydrogens (tertiary/aromatic N) is 2. The summed E-state index contributed by atoms with van der Waals surface area (Å²) in [5.74, 6) is 0.572. The van der Waals surface area contributed by atoms with Gasteiger partial charge in [-0.2, -0.15) is 0 Å². The van der Waals surface area contributed by atoms with Crippen molar-refractivity contribution >= 4 is 33.5 Å². The van der Waals surface area contributed by atoms with Crippen LogP contribution in [0.2, 0.25) is 5.02 Å². The number of aliphatic imine (C=N–C) groups is 1. The van der Waals surface area contributed by atoms with Gasteiger partial charge >= 0.3 is 0 Å². The van der Waals surface area contributed by atoms with Crippen molar-refractivity contribution in [2.24, 2.45) is 10.7 Å². The van der Waals surface area contributed by atoms with Crippen molar-refractivity contribution in [2.75, 3.05) is 6.54 Å². The van der Waals surface area contributed by atoms with Crippen LogP contribution in [0.1, 0.15) is 17.2 Å². The summed E-state index contributed by atoms with van der Waals surface area (Å²) >= 11 is 9.81. The van der Waals surface area contributed by atoms with Crippen molar-refractivity contribution in [1.82, 2.24) is 4.90 Å². The highest BCUT2D eigenvalue weighted by Crippen LogP contribution is 2.33. The topological polar surface area (TPSA) is 41.6 Å². The van der Waals surface area contributed by atoms with Crippen molar-refractivity contribution in [2.45, 2.75) is 12.6 Å². The Morgan fingerprint density at radius 2 is 2.00 bits per heavy atom. The van der Waals surface area contributed by atoms with Gasteiger partial charge in [-0.05, 0) is 23.3 Å². The Kier molecular flexibility index (Phi) is 4.17. The van der Waals surface area contributed by atoms with Gasteiger partial charge in [0.2, 0.25) is 0 Å². The third-order valence-electron chi connectivity index (χ3n) is 3.61. The molecule has 1 heterocycles. The van der Waals surface area contributed by atoms with Gasteiger partial charge in [-0.1, -0.05) is 63.9 Å². The Morgan fingerprint density at radius 1 is 1.24 bits per heavy atom. The lowest BCUT2D eigenvalue weighted by molar-refractivity contribution is 0.340. The maximum Gasteiger partial charge on any atom is 0.192 e. The highest BCUT2D eigenvalue weighted by Gasteiger charge is 2.28. The molecule has 0 fully saturated rings. The number of hydrogen-bond acceptors (Lipinski definition) is 3. The first-order valence-corrected chi connectivity index (χ1v) is 7.87. The molecule has 3 nitrogen and oxygen atoms in total. The number of benzene rings is 2. The van der Waals surface area contributed by atoms with E-state index in [0.29, 0.717) is 12.5 Å². The van der Waals surface area contributed by atoms with E-state index in [-0.39, 0.29) is 6.04 Å². The summed E-state index contributed by atoms with van der Waals surface area (Å²) < 4.78 is 0.970. The average Bonchev–Trinajstić information content (AvgIpc) is 2.82. The zero-order chi connectivity index (χ0) is 14.8. The molecule has 0 aromatic heterocycles. The van der Waals surface area contributed by atoms with Gasteiger partial charge in [-0.15, -0.1) is 0 Å². The van der Waals surface area contributed by atoms with Gasteiger partial charge < -0.3 is 10.6 Å². The van der Waals surface area contributed by atoms with Gasteiger partial charge in [0.25, 0.3) is 0 Å². The van der Waals surface area contributed by atoms with Gasteiger partial charge in [-0.25, -0.2) is 0 Å². The van der Waals surface area contributed by atoms with Gasteiger partial charge in [0.05, 0.1) is 12.6 Å². The van der Waals surface area contributed by atoms with Crippen LogP contribution < -0.4 is 5.73 Å². The first-order valence-electron chi connectivity index (χ1n) is 6.70. The van der Waals surface area contributed by atoms with Crippen LogP contribution in [0.3, 0.4) is 0 Å². The van der Waals surface area contributed by atoms with Crippen LogP contribution in [0.25, 0.3) is 0 Å². The normalized spacial score (nSPS) is 17.9. The lowest BCUT2D eigenvalue weighted by atomic mass is 10.1. The van der Waals surface area contributed by atoms with E-state index < -0.39 is 0 Å². The van der Waals surface area contributed by atoms with Crippen LogP contribution in [0.15, 0.2) is 58.0 Å². The van der Waals surface area contributed by atoms with Crippen molar-refractivity contribution in [3.8, 4) is 0 Å². The van der Waals surface area contributed by atoms with Crippen molar-refractivity contribution in [1.29, 1.82) is 0 Å². The number of halogens is 2. The van der Waals surface area contributed by atoms with E-state index in [2.05, 4.69) is 38.0 Å². The third kappa shape index (κ3) is 3.06. The molecular formula is C16H15BrClN3. The molecule has 108 valence electrons. The molecule has 0 saturated carbocycles. The molecule has 2 aromatic rings. The van der Waals surface area contributed by atoms with E-state index >= 15 is 0 Å². The molecule has 1 aliphatic heterocycles. The summed E-state index contributed by atoms with van der Waals surface area (Å²) in [4.78, 5) is 6.49. The van der Waals surface area contributed by atoms with Gasteiger partial charge in [0, 0.05) is 16.0 Å². The fourth-order valence-corrected chi connectivity index (χ4v) is 3.34. The summed E-state index contributed by atoms with van der Waals surface area (Å²) in [5, 5.41) is 0.734. The number of guanidine groups is 1. The minimum atomic E-state index is 0.0887. The lowest BCUT2D eigenvalue weighted by Gasteiger charge is -2.27.